The lowest BCUT2D eigenvalue weighted by atomic mass is 9.98. The molecule has 2 heterocycles. The van der Waals surface area contributed by atoms with Gasteiger partial charge in [-0.1, -0.05) is 36.4 Å². The van der Waals surface area contributed by atoms with Crippen molar-refractivity contribution in [3.8, 4) is 11.1 Å². The number of amides is 1. The Labute approximate surface area is 155 Å². The van der Waals surface area contributed by atoms with E-state index in [0.717, 1.165) is 16.7 Å². The summed E-state index contributed by atoms with van der Waals surface area (Å²) in [4.78, 5) is 21.0. The monoisotopic (exact) mass is 360 g/mol. The van der Waals surface area contributed by atoms with E-state index in [4.69, 9.17) is 0 Å². The highest BCUT2D eigenvalue weighted by atomic mass is 32.1. The second-order valence-electron chi connectivity index (χ2n) is 5.76. The van der Waals surface area contributed by atoms with E-state index in [1.54, 1.807) is 18.7 Å². The molecule has 0 aliphatic carbocycles. The maximum atomic E-state index is 12.7. The molecule has 0 aliphatic heterocycles. The molecule has 26 heavy (non-hydrogen) atoms. The van der Waals surface area contributed by atoms with Gasteiger partial charge in [-0.2, -0.15) is 0 Å². The summed E-state index contributed by atoms with van der Waals surface area (Å²) in [5.41, 5.74) is 3.75. The van der Waals surface area contributed by atoms with Crippen molar-refractivity contribution >= 4 is 22.4 Å². The van der Waals surface area contributed by atoms with Gasteiger partial charge in [0.25, 0.3) is 5.91 Å². The van der Waals surface area contributed by atoms with E-state index in [2.05, 4.69) is 33.5 Å². The highest BCUT2D eigenvalue weighted by molar-refractivity contribution is 7.13. The fourth-order valence-electron chi connectivity index (χ4n) is 2.78. The third-order valence-corrected chi connectivity index (χ3v) is 4.71. The first-order chi connectivity index (χ1) is 12.8. The summed E-state index contributed by atoms with van der Waals surface area (Å²) in [7, 11) is 0. The fourth-order valence-corrected chi connectivity index (χ4v) is 3.31. The Balaban J connectivity index is 1.71. The lowest BCUT2D eigenvalue weighted by Gasteiger charge is -2.12. The van der Waals surface area contributed by atoms with Crippen molar-refractivity contribution in [2.75, 3.05) is 5.32 Å². The molecule has 4 aromatic rings. The van der Waals surface area contributed by atoms with Crippen LogP contribution in [0.25, 0.3) is 11.1 Å². The van der Waals surface area contributed by atoms with E-state index in [-0.39, 0.29) is 5.91 Å². The minimum absolute atomic E-state index is 0.158. The fraction of sp³-hybridized carbons (Fsp3) is 0.0500. The van der Waals surface area contributed by atoms with Crippen molar-refractivity contribution in [3.05, 3.63) is 90.0 Å². The molecule has 0 saturated carbocycles. The van der Waals surface area contributed by atoms with E-state index in [0.29, 0.717) is 17.2 Å². The Bertz CT molecular complexity index is 996. The molecule has 0 spiro atoms. The van der Waals surface area contributed by atoms with Crippen LogP contribution in [0.1, 0.15) is 15.9 Å². The molecule has 1 N–H and O–H groups in total. The number of anilines is 1. The van der Waals surface area contributed by atoms with Gasteiger partial charge in [-0.15, -0.1) is 11.3 Å². The van der Waals surface area contributed by atoms with Crippen LogP contribution in [0.15, 0.2) is 78.8 Å². The summed E-state index contributed by atoms with van der Waals surface area (Å²) >= 11 is 1.40. The van der Waals surface area contributed by atoms with Crippen molar-refractivity contribution in [1.82, 2.24) is 14.5 Å². The molecule has 128 valence electrons. The van der Waals surface area contributed by atoms with Crippen molar-refractivity contribution in [3.63, 3.8) is 0 Å². The third kappa shape index (κ3) is 3.55. The molecule has 1 amide bonds. The van der Waals surface area contributed by atoms with E-state index >= 15 is 0 Å². The van der Waals surface area contributed by atoms with E-state index in [1.807, 2.05) is 46.5 Å². The quantitative estimate of drug-likeness (QED) is 0.577. The predicted octanol–water partition coefficient (Wildman–Crippen LogP) is 4.31. The zero-order chi connectivity index (χ0) is 17.8. The Kier molecular flexibility index (Phi) is 4.57. The lowest BCUT2D eigenvalue weighted by molar-refractivity contribution is 0.102. The molecule has 2 aromatic heterocycles. The molecule has 0 saturated heterocycles. The standard InChI is InChI=1S/C20H16N4OS/c25-19(23-20-22-9-11-26-20)18-7-6-16(15-4-2-1-3-5-15)12-17(18)13-24-10-8-21-14-24/h1-12,14H,13H2,(H,22,23,25). The second-order valence-corrected chi connectivity index (χ2v) is 6.66. The zero-order valence-corrected chi connectivity index (χ0v) is 14.7. The third-order valence-electron chi connectivity index (χ3n) is 4.02. The Morgan fingerprint density at radius 1 is 1.08 bits per heavy atom. The van der Waals surface area contributed by atoms with Crippen LogP contribution >= 0.6 is 11.3 Å². The molecule has 0 atom stereocenters. The summed E-state index contributed by atoms with van der Waals surface area (Å²) in [5.74, 6) is -0.158. The largest absolute Gasteiger partial charge is 0.333 e. The van der Waals surface area contributed by atoms with Crippen LogP contribution in [0.4, 0.5) is 5.13 Å². The number of nitrogens with zero attached hydrogens (tertiary/aromatic N) is 3. The smallest absolute Gasteiger partial charge is 0.257 e. The number of hydrogen-bond donors (Lipinski definition) is 1. The van der Waals surface area contributed by atoms with Crippen LogP contribution in [0.2, 0.25) is 0 Å². The van der Waals surface area contributed by atoms with Crippen LogP contribution in [0.3, 0.4) is 0 Å². The molecule has 5 nitrogen and oxygen atoms in total. The average Bonchev–Trinajstić information content (AvgIpc) is 3.36. The van der Waals surface area contributed by atoms with Crippen LogP contribution in [0.5, 0.6) is 0 Å². The number of carbonyl (C=O) groups excluding carboxylic acids is 1. The van der Waals surface area contributed by atoms with Gasteiger partial charge in [0.1, 0.15) is 0 Å². The average molecular weight is 360 g/mol. The van der Waals surface area contributed by atoms with Crippen molar-refractivity contribution in [1.29, 1.82) is 0 Å². The minimum atomic E-state index is -0.158. The van der Waals surface area contributed by atoms with Crippen LogP contribution in [0, 0.1) is 0 Å². The van der Waals surface area contributed by atoms with Gasteiger partial charge in [-0.25, -0.2) is 9.97 Å². The first-order valence-electron chi connectivity index (χ1n) is 8.14. The van der Waals surface area contributed by atoms with E-state index in [1.165, 1.54) is 11.3 Å². The highest BCUT2D eigenvalue weighted by Gasteiger charge is 2.14. The normalized spacial score (nSPS) is 10.6. The highest BCUT2D eigenvalue weighted by Crippen LogP contribution is 2.24. The molecule has 0 unspecified atom stereocenters. The second kappa shape index (κ2) is 7.33. The molecule has 0 aliphatic rings. The van der Waals surface area contributed by atoms with E-state index in [9.17, 15) is 4.79 Å². The molecular formula is C20H16N4OS. The number of nitrogens with one attached hydrogen (secondary N) is 1. The van der Waals surface area contributed by atoms with Gasteiger partial charge < -0.3 is 4.57 Å². The number of thiazole rings is 1. The molecular weight excluding hydrogens is 344 g/mol. The minimum Gasteiger partial charge on any atom is -0.333 e. The molecule has 4 rings (SSSR count). The maximum Gasteiger partial charge on any atom is 0.257 e. The first-order valence-corrected chi connectivity index (χ1v) is 9.02. The zero-order valence-electron chi connectivity index (χ0n) is 13.9. The molecule has 2 aromatic carbocycles. The lowest BCUT2D eigenvalue weighted by Crippen LogP contribution is -2.15. The van der Waals surface area contributed by atoms with Gasteiger partial charge in [0.15, 0.2) is 5.13 Å². The SMILES string of the molecule is O=C(Nc1nccs1)c1ccc(-c2ccccc2)cc1Cn1ccnc1. The number of benzene rings is 2. The topological polar surface area (TPSA) is 59.8 Å². The number of imidazole rings is 1. The summed E-state index contributed by atoms with van der Waals surface area (Å²) in [6, 6.07) is 16.0. The van der Waals surface area contributed by atoms with Crippen molar-refractivity contribution in [2.45, 2.75) is 6.54 Å². The predicted molar refractivity (Wildman–Crippen MR) is 103 cm³/mol. The number of carbonyl (C=O) groups is 1. The number of rotatable bonds is 5. The Hall–Kier alpha value is -3.25. The van der Waals surface area contributed by atoms with Crippen LogP contribution in [-0.2, 0) is 6.54 Å². The number of aromatic nitrogens is 3. The van der Waals surface area contributed by atoms with Crippen LogP contribution < -0.4 is 5.32 Å². The van der Waals surface area contributed by atoms with Crippen molar-refractivity contribution < 1.29 is 4.79 Å². The van der Waals surface area contributed by atoms with Gasteiger partial charge in [0.2, 0.25) is 0 Å². The van der Waals surface area contributed by atoms with E-state index < -0.39 is 0 Å². The van der Waals surface area contributed by atoms with Gasteiger partial charge in [-0.3, -0.25) is 10.1 Å². The summed E-state index contributed by atoms with van der Waals surface area (Å²) in [6.07, 6.45) is 7.04. The van der Waals surface area contributed by atoms with Crippen LogP contribution in [-0.4, -0.2) is 20.4 Å². The number of hydrogen-bond acceptors (Lipinski definition) is 4. The molecule has 6 heteroatoms. The maximum absolute atomic E-state index is 12.7. The Morgan fingerprint density at radius 3 is 2.69 bits per heavy atom. The summed E-state index contributed by atoms with van der Waals surface area (Å²) < 4.78 is 1.95. The van der Waals surface area contributed by atoms with Gasteiger partial charge in [-0.05, 0) is 28.8 Å². The van der Waals surface area contributed by atoms with Gasteiger partial charge >= 0.3 is 0 Å². The molecule has 0 fully saturated rings. The first kappa shape index (κ1) is 16.2. The van der Waals surface area contributed by atoms with Gasteiger partial charge in [0, 0.05) is 36.1 Å². The molecule has 0 bridgehead atoms. The Morgan fingerprint density at radius 2 is 1.96 bits per heavy atom. The summed E-state index contributed by atoms with van der Waals surface area (Å²) in [6.45, 7) is 0.571. The summed E-state index contributed by atoms with van der Waals surface area (Å²) in [5, 5.41) is 5.29. The van der Waals surface area contributed by atoms with Gasteiger partial charge in [0.05, 0.1) is 6.33 Å². The van der Waals surface area contributed by atoms with Crippen molar-refractivity contribution in [2.24, 2.45) is 0 Å². The molecule has 0 radical (unpaired) electrons.